The number of aryl methyl sites for hydroxylation is 1. The lowest BCUT2D eigenvalue weighted by atomic mass is 9.92. The van der Waals surface area contributed by atoms with Crippen molar-refractivity contribution in [1.29, 1.82) is 0 Å². The van der Waals surface area contributed by atoms with E-state index in [1.165, 1.54) is 0 Å². The van der Waals surface area contributed by atoms with Gasteiger partial charge in [0.05, 0.1) is 12.7 Å². The van der Waals surface area contributed by atoms with Gasteiger partial charge in [-0.25, -0.2) is 0 Å². The first-order chi connectivity index (χ1) is 8.95. The lowest BCUT2D eigenvalue weighted by Crippen LogP contribution is -2.15. The normalized spacial score (nSPS) is 11.5. The fraction of sp³-hybridized carbons (Fsp3) is 0.500. The molecule has 0 aliphatic carbocycles. The highest BCUT2D eigenvalue weighted by Gasteiger charge is 2.17. The number of aromatic amines is 1. The van der Waals surface area contributed by atoms with Crippen molar-refractivity contribution in [3.8, 4) is 0 Å². The molecule has 0 bridgehead atoms. The topological polar surface area (TPSA) is 88.5 Å². The predicted octanol–water partition coefficient (Wildman–Crippen LogP) is 1.33. The van der Waals surface area contributed by atoms with E-state index in [0.717, 1.165) is 5.69 Å². The molecule has 102 valence electrons. The first kappa shape index (κ1) is 13.3. The maximum Gasteiger partial charge on any atom is 0.227 e. The molecule has 0 saturated heterocycles. The molecule has 7 nitrogen and oxygen atoms in total. The van der Waals surface area contributed by atoms with Crippen molar-refractivity contribution in [2.75, 3.05) is 5.32 Å². The number of carbonyl (C=O) groups excluding carboxylic acids is 1. The Morgan fingerprint density at radius 3 is 2.84 bits per heavy atom. The van der Waals surface area contributed by atoms with Crippen LogP contribution in [0.3, 0.4) is 0 Å². The van der Waals surface area contributed by atoms with E-state index in [-0.39, 0.29) is 11.3 Å². The zero-order valence-corrected chi connectivity index (χ0v) is 11.3. The number of nitrogens with zero attached hydrogens (tertiary/aromatic N) is 4. The number of amides is 1. The fourth-order valence-electron chi connectivity index (χ4n) is 1.54. The standard InChI is InChI=1S/C12H18N6O/c1-12(2,3)9-8-10(16-15-9)14-11(19)4-6-18-7-5-13-17-18/h5,7-8H,4,6H2,1-3H3,(H2,14,15,16,19). The highest BCUT2D eigenvalue weighted by Crippen LogP contribution is 2.21. The lowest BCUT2D eigenvalue weighted by molar-refractivity contribution is -0.116. The van der Waals surface area contributed by atoms with Crippen LogP contribution in [0.1, 0.15) is 32.9 Å². The van der Waals surface area contributed by atoms with Crippen LogP contribution in [0.15, 0.2) is 18.5 Å². The Bertz CT molecular complexity index is 537. The van der Waals surface area contributed by atoms with Crippen LogP contribution in [0.4, 0.5) is 5.82 Å². The summed E-state index contributed by atoms with van der Waals surface area (Å²) in [4.78, 5) is 11.7. The number of H-pyrrole nitrogens is 1. The molecule has 0 aliphatic rings. The molecule has 0 saturated carbocycles. The maximum atomic E-state index is 11.7. The van der Waals surface area contributed by atoms with E-state index in [2.05, 4.69) is 46.6 Å². The van der Waals surface area contributed by atoms with E-state index in [4.69, 9.17) is 0 Å². The van der Waals surface area contributed by atoms with Gasteiger partial charge in [-0.15, -0.1) is 5.10 Å². The average molecular weight is 262 g/mol. The van der Waals surface area contributed by atoms with Gasteiger partial charge in [0.15, 0.2) is 5.82 Å². The van der Waals surface area contributed by atoms with E-state index in [1.54, 1.807) is 17.1 Å². The number of rotatable bonds is 4. The molecule has 2 aromatic rings. The van der Waals surface area contributed by atoms with Gasteiger partial charge in [-0.05, 0) is 0 Å². The van der Waals surface area contributed by atoms with Crippen LogP contribution in [0.5, 0.6) is 0 Å². The smallest absolute Gasteiger partial charge is 0.227 e. The van der Waals surface area contributed by atoms with Gasteiger partial charge in [0.2, 0.25) is 5.91 Å². The van der Waals surface area contributed by atoms with E-state index < -0.39 is 0 Å². The summed E-state index contributed by atoms with van der Waals surface area (Å²) < 4.78 is 1.62. The monoisotopic (exact) mass is 262 g/mol. The second kappa shape index (κ2) is 5.21. The zero-order valence-electron chi connectivity index (χ0n) is 11.3. The van der Waals surface area contributed by atoms with Crippen LogP contribution in [-0.4, -0.2) is 31.1 Å². The summed E-state index contributed by atoms with van der Waals surface area (Å²) in [6.45, 7) is 6.74. The fourth-order valence-corrected chi connectivity index (χ4v) is 1.54. The van der Waals surface area contributed by atoms with Crippen molar-refractivity contribution < 1.29 is 4.79 Å². The molecule has 2 heterocycles. The molecule has 0 spiro atoms. The number of hydrogen-bond donors (Lipinski definition) is 2. The summed E-state index contributed by atoms with van der Waals surface area (Å²) in [5, 5.41) is 17.2. The molecule has 0 aromatic carbocycles. The van der Waals surface area contributed by atoms with Gasteiger partial charge in [0.1, 0.15) is 0 Å². The van der Waals surface area contributed by atoms with Crippen molar-refractivity contribution in [2.45, 2.75) is 39.2 Å². The summed E-state index contributed by atoms with van der Waals surface area (Å²) in [6, 6.07) is 1.85. The molecule has 2 rings (SSSR count). The molecule has 19 heavy (non-hydrogen) atoms. The Balaban J connectivity index is 1.87. The Morgan fingerprint density at radius 2 is 2.26 bits per heavy atom. The molecule has 2 aromatic heterocycles. The summed E-state index contributed by atoms with van der Waals surface area (Å²) >= 11 is 0. The molecular formula is C12H18N6O. The molecule has 0 fully saturated rings. The molecule has 1 amide bonds. The summed E-state index contributed by atoms with van der Waals surface area (Å²) in [5.74, 6) is 0.455. The summed E-state index contributed by atoms with van der Waals surface area (Å²) in [7, 11) is 0. The highest BCUT2D eigenvalue weighted by atomic mass is 16.1. The van der Waals surface area contributed by atoms with Crippen molar-refractivity contribution >= 4 is 11.7 Å². The van der Waals surface area contributed by atoms with Crippen LogP contribution in [0.25, 0.3) is 0 Å². The number of anilines is 1. The van der Waals surface area contributed by atoms with Gasteiger partial charge in [-0.2, -0.15) is 5.10 Å². The van der Waals surface area contributed by atoms with Crippen LogP contribution in [0.2, 0.25) is 0 Å². The third-order valence-electron chi connectivity index (χ3n) is 2.69. The SMILES string of the molecule is CC(C)(C)c1cc(NC(=O)CCn2ccnn2)n[nH]1. The minimum atomic E-state index is -0.0949. The number of carbonyl (C=O) groups is 1. The van der Waals surface area contributed by atoms with Crippen LogP contribution >= 0.6 is 0 Å². The molecule has 0 unspecified atom stereocenters. The molecule has 2 N–H and O–H groups in total. The number of nitrogens with one attached hydrogen (secondary N) is 2. The summed E-state index contributed by atoms with van der Waals surface area (Å²) in [5.41, 5.74) is 0.968. The zero-order chi connectivity index (χ0) is 13.9. The van der Waals surface area contributed by atoms with Crippen molar-refractivity contribution in [1.82, 2.24) is 25.2 Å². The number of hydrogen-bond acceptors (Lipinski definition) is 4. The Labute approximate surface area is 111 Å². The van der Waals surface area contributed by atoms with Crippen molar-refractivity contribution in [3.63, 3.8) is 0 Å². The average Bonchev–Trinajstić information content (AvgIpc) is 2.95. The number of aromatic nitrogens is 5. The maximum absolute atomic E-state index is 11.7. The van der Waals surface area contributed by atoms with Gasteiger partial charge in [0, 0.05) is 29.8 Å². The minimum Gasteiger partial charge on any atom is -0.309 e. The van der Waals surface area contributed by atoms with Crippen LogP contribution < -0.4 is 5.32 Å². The van der Waals surface area contributed by atoms with E-state index >= 15 is 0 Å². The molecule has 0 radical (unpaired) electrons. The Kier molecular flexibility index (Phi) is 3.64. The first-order valence-corrected chi connectivity index (χ1v) is 6.15. The highest BCUT2D eigenvalue weighted by molar-refractivity contribution is 5.89. The van der Waals surface area contributed by atoms with Gasteiger partial charge in [-0.1, -0.05) is 26.0 Å². The molecular weight excluding hydrogens is 244 g/mol. The van der Waals surface area contributed by atoms with Gasteiger partial charge >= 0.3 is 0 Å². The molecule has 0 aliphatic heterocycles. The minimum absolute atomic E-state index is 0.0172. The van der Waals surface area contributed by atoms with Gasteiger partial charge in [0.25, 0.3) is 0 Å². The van der Waals surface area contributed by atoms with Crippen LogP contribution in [0, 0.1) is 0 Å². The Hall–Kier alpha value is -2.18. The largest absolute Gasteiger partial charge is 0.309 e. The van der Waals surface area contributed by atoms with Gasteiger partial charge in [-0.3, -0.25) is 14.6 Å². The lowest BCUT2D eigenvalue weighted by Gasteiger charge is -2.14. The third kappa shape index (κ3) is 3.64. The molecule has 7 heteroatoms. The second-order valence-corrected chi connectivity index (χ2v) is 5.38. The van der Waals surface area contributed by atoms with Gasteiger partial charge < -0.3 is 5.32 Å². The summed E-state index contributed by atoms with van der Waals surface area (Å²) in [6.07, 6.45) is 3.64. The second-order valence-electron chi connectivity index (χ2n) is 5.38. The van der Waals surface area contributed by atoms with Crippen LogP contribution in [-0.2, 0) is 16.8 Å². The quantitative estimate of drug-likeness (QED) is 0.870. The van der Waals surface area contributed by atoms with E-state index in [0.29, 0.717) is 18.8 Å². The predicted molar refractivity (Wildman–Crippen MR) is 70.6 cm³/mol. The van der Waals surface area contributed by atoms with E-state index in [9.17, 15) is 4.79 Å². The van der Waals surface area contributed by atoms with Crippen molar-refractivity contribution in [2.24, 2.45) is 0 Å². The Morgan fingerprint density at radius 1 is 1.47 bits per heavy atom. The molecule has 0 atom stereocenters. The van der Waals surface area contributed by atoms with E-state index in [1.807, 2.05) is 6.07 Å². The van der Waals surface area contributed by atoms with Crippen molar-refractivity contribution in [3.05, 3.63) is 24.2 Å². The first-order valence-electron chi connectivity index (χ1n) is 6.15. The third-order valence-corrected chi connectivity index (χ3v) is 2.69.